The van der Waals surface area contributed by atoms with E-state index in [1.54, 1.807) is 0 Å². The zero-order valence-corrected chi connectivity index (χ0v) is 12.2. The maximum atomic E-state index is 10.8. The van der Waals surface area contributed by atoms with Crippen molar-refractivity contribution in [1.29, 1.82) is 0 Å². The average molecular weight is 266 g/mol. The number of aromatic nitrogens is 1. The third-order valence-corrected chi connectivity index (χ3v) is 2.48. The van der Waals surface area contributed by atoms with Crippen molar-refractivity contribution in [2.45, 2.75) is 46.6 Å². The monoisotopic (exact) mass is 266 g/mol. The summed E-state index contributed by atoms with van der Waals surface area (Å²) in [5, 5.41) is 14.0. The van der Waals surface area contributed by atoms with Crippen LogP contribution in [0.5, 0.6) is 0 Å². The van der Waals surface area contributed by atoms with Crippen LogP contribution in [-0.4, -0.2) is 15.4 Å². The Balaban J connectivity index is 2.96. The molecular formula is C13H22N4O2. The van der Waals surface area contributed by atoms with Crippen molar-refractivity contribution in [2.24, 2.45) is 5.41 Å². The number of anilines is 2. The minimum Gasteiger partial charge on any atom is -0.383 e. The second-order valence-electron chi connectivity index (χ2n) is 6.64. The Morgan fingerprint density at radius 2 is 1.89 bits per heavy atom. The molecule has 0 saturated heterocycles. The molecule has 0 aliphatic rings. The lowest BCUT2D eigenvalue weighted by Gasteiger charge is -2.33. The molecule has 6 heteroatoms. The quantitative estimate of drug-likeness (QED) is 0.644. The van der Waals surface area contributed by atoms with E-state index in [4.69, 9.17) is 5.73 Å². The van der Waals surface area contributed by atoms with E-state index in [-0.39, 0.29) is 22.5 Å². The lowest BCUT2D eigenvalue weighted by atomic mass is 9.82. The predicted octanol–water partition coefficient (Wildman–Crippen LogP) is 3.20. The van der Waals surface area contributed by atoms with Crippen molar-refractivity contribution < 1.29 is 4.92 Å². The molecule has 0 saturated carbocycles. The predicted molar refractivity (Wildman–Crippen MR) is 77.1 cm³/mol. The highest BCUT2D eigenvalue weighted by Crippen LogP contribution is 2.30. The molecule has 1 heterocycles. The first-order valence-electron chi connectivity index (χ1n) is 6.19. The van der Waals surface area contributed by atoms with E-state index < -0.39 is 4.92 Å². The molecule has 0 aromatic carbocycles. The van der Waals surface area contributed by atoms with Crippen LogP contribution in [0.3, 0.4) is 0 Å². The van der Waals surface area contributed by atoms with Crippen LogP contribution in [0.2, 0.25) is 0 Å². The van der Waals surface area contributed by atoms with Gasteiger partial charge in [0.25, 0.3) is 5.69 Å². The standard InChI is InChI=1S/C13H22N4O2/c1-12(2,3)8-13(4,5)16-11-7-9(17(18)19)6-10(14)15-11/h6-7H,8H2,1-5H3,(H3,14,15,16). The molecule has 1 aromatic heterocycles. The first-order chi connectivity index (χ1) is 8.48. The van der Waals surface area contributed by atoms with Crippen molar-refractivity contribution in [1.82, 2.24) is 4.98 Å². The van der Waals surface area contributed by atoms with Gasteiger partial charge in [0.05, 0.1) is 17.1 Å². The Hall–Kier alpha value is -1.85. The van der Waals surface area contributed by atoms with Gasteiger partial charge in [-0.25, -0.2) is 4.98 Å². The van der Waals surface area contributed by atoms with Crippen LogP contribution in [0, 0.1) is 15.5 Å². The van der Waals surface area contributed by atoms with E-state index in [0.717, 1.165) is 6.42 Å². The van der Waals surface area contributed by atoms with Crippen LogP contribution in [0.25, 0.3) is 0 Å². The fraction of sp³-hybridized carbons (Fsp3) is 0.615. The highest BCUT2D eigenvalue weighted by molar-refractivity contribution is 5.53. The minimum atomic E-state index is -0.472. The summed E-state index contributed by atoms with van der Waals surface area (Å²) in [6.07, 6.45) is 0.893. The Labute approximate surface area is 113 Å². The lowest BCUT2D eigenvalue weighted by Crippen LogP contribution is -2.35. The fourth-order valence-electron chi connectivity index (χ4n) is 2.42. The number of nitrogen functional groups attached to an aromatic ring is 1. The fourth-order valence-corrected chi connectivity index (χ4v) is 2.42. The van der Waals surface area contributed by atoms with E-state index in [1.165, 1.54) is 12.1 Å². The van der Waals surface area contributed by atoms with Crippen molar-refractivity contribution in [2.75, 3.05) is 11.1 Å². The summed E-state index contributed by atoms with van der Waals surface area (Å²) in [6, 6.07) is 2.66. The SMILES string of the molecule is CC(C)(C)CC(C)(C)Nc1cc([N+](=O)[O-])cc(N)n1. The molecule has 0 atom stereocenters. The highest BCUT2D eigenvalue weighted by atomic mass is 16.6. The van der Waals surface area contributed by atoms with Gasteiger partial charge in [-0.05, 0) is 25.7 Å². The van der Waals surface area contributed by atoms with Crippen LogP contribution >= 0.6 is 0 Å². The normalized spacial score (nSPS) is 12.3. The molecule has 0 amide bonds. The molecule has 0 spiro atoms. The summed E-state index contributed by atoms with van der Waals surface area (Å²) in [6.45, 7) is 10.5. The summed E-state index contributed by atoms with van der Waals surface area (Å²) in [7, 11) is 0. The van der Waals surface area contributed by atoms with Crippen LogP contribution in [0.15, 0.2) is 12.1 Å². The number of nitro groups is 1. The summed E-state index contributed by atoms with van der Waals surface area (Å²) in [5.41, 5.74) is 5.45. The van der Waals surface area contributed by atoms with E-state index in [9.17, 15) is 10.1 Å². The van der Waals surface area contributed by atoms with Gasteiger partial charge in [0.2, 0.25) is 0 Å². The molecule has 0 bridgehead atoms. The van der Waals surface area contributed by atoms with Gasteiger partial charge in [0, 0.05) is 5.54 Å². The third kappa shape index (κ3) is 5.11. The maximum Gasteiger partial charge on any atom is 0.276 e. The van der Waals surface area contributed by atoms with Gasteiger partial charge < -0.3 is 11.1 Å². The van der Waals surface area contributed by atoms with Crippen LogP contribution in [-0.2, 0) is 0 Å². The van der Waals surface area contributed by atoms with Crippen LogP contribution in [0.1, 0.15) is 41.0 Å². The largest absolute Gasteiger partial charge is 0.383 e. The molecule has 106 valence electrons. The molecular weight excluding hydrogens is 244 g/mol. The lowest BCUT2D eigenvalue weighted by molar-refractivity contribution is -0.384. The molecule has 19 heavy (non-hydrogen) atoms. The topological polar surface area (TPSA) is 94.1 Å². The summed E-state index contributed by atoms with van der Waals surface area (Å²) in [5.74, 6) is 0.573. The van der Waals surface area contributed by atoms with Gasteiger partial charge in [-0.2, -0.15) is 0 Å². The average Bonchev–Trinajstić information content (AvgIpc) is 2.10. The molecule has 0 radical (unpaired) electrons. The molecule has 0 aliphatic heterocycles. The zero-order chi connectivity index (χ0) is 14.8. The molecule has 0 fully saturated rings. The van der Waals surface area contributed by atoms with E-state index in [2.05, 4.69) is 31.1 Å². The minimum absolute atomic E-state index is 0.0541. The maximum absolute atomic E-state index is 10.8. The van der Waals surface area contributed by atoms with Gasteiger partial charge in [-0.15, -0.1) is 0 Å². The second kappa shape index (κ2) is 5.03. The van der Waals surface area contributed by atoms with Gasteiger partial charge >= 0.3 is 0 Å². The molecule has 0 unspecified atom stereocenters. The second-order valence-corrected chi connectivity index (χ2v) is 6.64. The number of hydrogen-bond acceptors (Lipinski definition) is 5. The molecule has 3 N–H and O–H groups in total. The van der Waals surface area contributed by atoms with Crippen molar-refractivity contribution in [3.63, 3.8) is 0 Å². The molecule has 0 aliphatic carbocycles. The third-order valence-electron chi connectivity index (χ3n) is 2.48. The van der Waals surface area contributed by atoms with Crippen molar-refractivity contribution in [3.8, 4) is 0 Å². The smallest absolute Gasteiger partial charge is 0.276 e. The van der Waals surface area contributed by atoms with Gasteiger partial charge in [-0.1, -0.05) is 20.8 Å². The number of pyridine rings is 1. The van der Waals surface area contributed by atoms with Gasteiger partial charge in [0.1, 0.15) is 11.6 Å². The molecule has 1 aromatic rings. The summed E-state index contributed by atoms with van der Waals surface area (Å²) in [4.78, 5) is 14.4. The number of nitrogens with zero attached hydrogens (tertiary/aromatic N) is 2. The Morgan fingerprint density at radius 1 is 1.32 bits per heavy atom. The number of rotatable bonds is 4. The number of nitrogens with one attached hydrogen (secondary N) is 1. The van der Waals surface area contributed by atoms with E-state index in [1.807, 2.05) is 13.8 Å². The van der Waals surface area contributed by atoms with E-state index in [0.29, 0.717) is 5.82 Å². The van der Waals surface area contributed by atoms with Crippen molar-refractivity contribution >= 4 is 17.3 Å². The first kappa shape index (κ1) is 15.2. The van der Waals surface area contributed by atoms with Gasteiger partial charge in [-0.3, -0.25) is 10.1 Å². The van der Waals surface area contributed by atoms with Crippen LogP contribution < -0.4 is 11.1 Å². The zero-order valence-electron chi connectivity index (χ0n) is 12.2. The van der Waals surface area contributed by atoms with E-state index >= 15 is 0 Å². The Kier molecular flexibility index (Phi) is 4.03. The molecule has 1 rings (SSSR count). The number of nitrogens with two attached hydrogens (primary N) is 1. The summed E-state index contributed by atoms with van der Waals surface area (Å²) < 4.78 is 0. The van der Waals surface area contributed by atoms with Gasteiger partial charge in [0.15, 0.2) is 0 Å². The Bertz CT molecular complexity index is 478. The van der Waals surface area contributed by atoms with Crippen molar-refractivity contribution in [3.05, 3.63) is 22.2 Å². The highest BCUT2D eigenvalue weighted by Gasteiger charge is 2.26. The first-order valence-corrected chi connectivity index (χ1v) is 6.19. The summed E-state index contributed by atoms with van der Waals surface area (Å²) >= 11 is 0. The van der Waals surface area contributed by atoms with Crippen LogP contribution in [0.4, 0.5) is 17.3 Å². The number of hydrogen-bond donors (Lipinski definition) is 2. The Morgan fingerprint density at radius 3 is 2.37 bits per heavy atom. The molecule has 6 nitrogen and oxygen atoms in total.